The van der Waals surface area contributed by atoms with Crippen molar-refractivity contribution in [3.05, 3.63) is 18.2 Å². The molecule has 0 saturated heterocycles. The van der Waals surface area contributed by atoms with Crippen LogP contribution in [0.3, 0.4) is 0 Å². The van der Waals surface area contributed by atoms with Gasteiger partial charge in [-0.25, -0.2) is 4.98 Å². The van der Waals surface area contributed by atoms with Crippen LogP contribution in [0.25, 0.3) is 0 Å². The topological polar surface area (TPSA) is 54.7 Å². The van der Waals surface area contributed by atoms with Gasteiger partial charge in [-0.3, -0.25) is 0 Å². The van der Waals surface area contributed by atoms with Gasteiger partial charge in [-0.05, 0) is 0 Å². The van der Waals surface area contributed by atoms with E-state index in [-0.39, 0.29) is 24.8 Å². The van der Waals surface area contributed by atoms with Crippen molar-refractivity contribution in [2.24, 2.45) is 5.73 Å². The smallest absolute Gasteiger partial charge is 0.0921 e. The van der Waals surface area contributed by atoms with Crippen molar-refractivity contribution >= 4 is 24.8 Å². The normalized spacial score (nSPS) is 11.1. The molecular formula is C6H13Cl2N3. The number of aromatic amines is 1. The molecule has 0 spiro atoms. The highest BCUT2D eigenvalue weighted by molar-refractivity contribution is 5.85. The van der Waals surface area contributed by atoms with E-state index < -0.39 is 0 Å². The summed E-state index contributed by atoms with van der Waals surface area (Å²) in [4.78, 5) is 6.88. The fourth-order valence-electron chi connectivity index (χ4n) is 0.663. The number of aromatic nitrogens is 2. The molecule has 1 heterocycles. The van der Waals surface area contributed by atoms with E-state index in [1.165, 1.54) is 0 Å². The first kappa shape index (κ1) is 13.3. The summed E-state index contributed by atoms with van der Waals surface area (Å²) in [7, 11) is 0. The van der Waals surface area contributed by atoms with Crippen molar-refractivity contribution < 1.29 is 0 Å². The molecule has 1 aromatic heterocycles. The van der Waals surface area contributed by atoms with Crippen LogP contribution in [-0.4, -0.2) is 16.5 Å². The zero-order valence-corrected chi connectivity index (χ0v) is 7.91. The number of nitrogens with zero attached hydrogens (tertiary/aromatic N) is 1. The lowest BCUT2D eigenvalue weighted by atomic mass is 10.1. The summed E-state index contributed by atoms with van der Waals surface area (Å²) in [5.74, 6) is 0.396. The molecular weight excluding hydrogens is 185 g/mol. The molecule has 0 bridgehead atoms. The quantitative estimate of drug-likeness (QED) is 0.752. The zero-order valence-electron chi connectivity index (χ0n) is 6.28. The lowest BCUT2D eigenvalue weighted by molar-refractivity contribution is 0.751. The minimum atomic E-state index is 0. The molecule has 0 aliphatic carbocycles. The first-order valence-electron chi connectivity index (χ1n) is 3.03. The second kappa shape index (κ2) is 6.46. The number of nitrogens with two attached hydrogens (primary N) is 1. The van der Waals surface area contributed by atoms with Crippen LogP contribution < -0.4 is 5.73 Å². The van der Waals surface area contributed by atoms with Crippen LogP contribution in [0.15, 0.2) is 12.5 Å². The van der Waals surface area contributed by atoms with Gasteiger partial charge in [0, 0.05) is 24.4 Å². The lowest BCUT2D eigenvalue weighted by Crippen LogP contribution is -2.08. The van der Waals surface area contributed by atoms with Gasteiger partial charge in [0.15, 0.2) is 0 Å². The van der Waals surface area contributed by atoms with Crippen molar-refractivity contribution in [3.8, 4) is 0 Å². The van der Waals surface area contributed by atoms with Crippen LogP contribution in [0, 0.1) is 0 Å². The number of hydrogen-bond acceptors (Lipinski definition) is 2. The third-order valence-corrected chi connectivity index (χ3v) is 1.40. The predicted molar refractivity (Wildman–Crippen MR) is 50.6 cm³/mol. The third-order valence-electron chi connectivity index (χ3n) is 1.40. The van der Waals surface area contributed by atoms with Crippen LogP contribution >= 0.6 is 24.8 Å². The summed E-state index contributed by atoms with van der Waals surface area (Å²) in [6.45, 7) is 2.73. The van der Waals surface area contributed by atoms with E-state index in [1.807, 2.05) is 0 Å². The maximum absolute atomic E-state index is 5.42. The maximum Gasteiger partial charge on any atom is 0.0921 e. The molecule has 0 amide bonds. The number of imidazole rings is 1. The fourth-order valence-corrected chi connectivity index (χ4v) is 0.663. The Morgan fingerprint density at radius 3 is 2.64 bits per heavy atom. The second-order valence-corrected chi connectivity index (χ2v) is 2.14. The van der Waals surface area contributed by atoms with Gasteiger partial charge in [0.1, 0.15) is 0 Å². The molecule has 0 saturated carbocycles. The van der Waals surface area contributed by atoms with E-state index in [9.17, 15) is 0 Å². The molecule has 0 radical (unpaired) electrons. The summed E-state index contributed by atoms with van der Waals surface area (Å²) in [6, 6.07) is 0. The number of rotatable bonds is 2. The van der Waals surface area contributed by atoms with E-state index in [2.05, 4.69) is 16.9 Å². The third kappa shape index (κ3) is 3.60. The molecule has 0 aliphatic rings. The largest absolute Gasteiger partial charge is 0.348 e. The van der Waals surface area contributed by atoms with E-state index >= 15 is 0 Å². The monoisotopic (exact) mass is 197 g/mol. The average molecular weight is 198 g/mol. The van der Waals surface area contributed by atoms with Crippen molar-refractivity contribution in [1.82, 2.24) is 9.97 Å². The molecule has 1 rings (SSSR count). The molecule has 5 heteroatoms. The molecule has 66 valence electrons. The van der Waals surface area contributed by atoms with Gasteiger partial charge in [-0.1, -0.05) is 6.92 Å². The fraction of sp³-hybridized carbons (Fsp3) is 0.500. The van der Waals surface area contributed by atoms with Crippen molar-refractivity contribution in [1.29, 1.82) is 0 Å². The van der Waals surface area contributed by atoms with Gasteiger partial charge in [-0.15, -0.1) is 24.8 Å². The second-order valence-electron chi connectivity index (χ2n) is 2.14. The van der Waals surface area contributed by atoms with Crippen molar-refractivity contribution in [2.45, 2.75) is 12.8 Å². The first-order valence-corrected chi connectivity index (χ1v) is 3.03. The van der Waals surface area contributed by atoms with Crippen LogP contribution in [0.5, 0.6) is 0 Å². The van der Waals surface area contributed by atoms with Gasteiger partial charge in [0.25, 0.3) is 0 Å². The van der Waals surface area contributed by atoms with Crippen molar-refractivity contribution in [2.75, 3.05) is 6.54 Å². The van der Waals surface area contributed by atoms with E-state index in [4.69, 9.17) is 5.73 Å². The highest BCUT2D eigenvalue weighted by atomic mass is 35.5. The molecule has 1 unspecified atom stereocenters. The summed E-state index contributed by atoms with van der Waals surface area (Å²) in [5, 5.41) is 0. The first-order chi connectivity index (χ1) is 4.34. The Bertz CT molecular complexity index is 164. The summed E-state index contributed by atoms with van der Waals surface area (Å²) < 4.78 is 0. The number of halogens is 2. The Morgan fingerprint density at radius 1 is 1.64 bits per heavy atom. The molecule has 3 nitrogen and oxygen atoms in total. The average Bonchev–Trinajstić information content (AvgIpc) is 2.37. The zero-order chi connectivity index (χ0) is 6.69. The van der Waals surface area contributed by atoms with Gasteiger partial charge < -0.3 is 10.7 Å². The van der Waals surface area contributed by atoms with Gasteiger partial charge in [0.2, 0.25) is 0 Å². The SMILES string of the molecule is CC(CN)c1cnc[nH]1.Cl.Cl. The maximum atomic E-state index is 5.42. The van der Waals surface area contributed by atoms with Crippen LogP contribution in [0.2, 0.25) is 0 Å². The van der Waals surface area contributed by atoms with Gasteiger partial charge in [0.05, 0.1) is 6.33 Å². The molecule has 1 aromatic rings. The highest BCUT2D eigenvalue weighted by Crippen LogP contribution is 2.07. The van der Waals surface area contributed by atoms with Gasteiger partial charge >= 0.3 is 0 Å². The minimum absolute atomic E-state index is 0. The Balaban J connectivity index is 0. The van der Waals surface area contributed by atoms with Crippen molar-refractivity contribution in [3.63, 3.8) is 0 Å². The number of hydrogen-bond donors (Lipinski definition) is 2. The molecule has 3 N–H and O–H groups in total. The van der Waals surface area contributed by atoms with Gasteiger partial charge in [-0.2, -0.15) is 0 Å². The predicted octanol–water partition coefficient (Wildman–Crippen LogP) is 1.32. The number of H-pyrrole nitrogens is 1. The molecule has 0 aliphatic heterocycles. The number of nitrogens with one attached hydrogen (secondary N) is 1. The van der Waals surface area contributed by atoms with Crippen LogP contribution in [0.1, 0.15) is 18.5 Å². The van der Waals surface area contributed by atoms with E-state index in [1.54, 1.807) is 12.5 Å². The van der Waals surface area contributed by atoms with Crippen LogP contribution in [-0.2, 0) is 0 Å². The van der Waals surface area contributed by atoms with E-state index in [0.717, 1.165) is 5.69 Å². The standard InChI is InChI=1S/C6H11N3.2ClH/c1-5(2-7)6-3-8-4-9-6;;/h3-5H,2,7H2,1H3,(H,8,9);2*1H. The van der Waals surface area contributed by atoms with E-state index in [0.29, 0.717) is 12.5 Å². The summed E-state index contributed by atoms with van der Waals surface area (Å²) in [6.07, 6.45) is 3.47. The Kier molecular flexibility index (Phi) is 7.84. The Morgan fingerprint density at radius 2 is 2.27 bits per heavy atom. The minimum Gasteiger partial charge on any atom is -0.348 e. The molecule has 11 heavy (non-hydrogen) atoms. The Labute approximate surface area is 78.6 Å². The summed E-state index contributed by atoms with van der Waals surface area (Å²) in [5.41, 5.74) is 6.52. The summed E-state index contributed by atoms with van der Waals surface area (Å²) >= 11 is 0. The molecule has 0 aromatic carbocycles. The van der Waals surface area contributed by atoms with Crippen LogP contribution in [0.4, 0.5) is 0 Å². The Hall–Kier alpha value is -0.250. The molecule has 0 fully saturated rings. The lowest BCUT2D eigenvalue weighted by Gasteiger charge is -2.02. The molecule has 1 atom stereocenters. The highest BCUT2D eigenvalue weighted by Gasteiger charge is 2.01.